The third kappa shape index (κ3) is 3.05. The van der Waals surface area contributed by atoms with Crippen LogP contribution in [-0.2, 0) is 4.74 Å². The maximum atomic E-state index is 12.7. The molecule has 1 aliphatic carbocycles. The Hall–Kier alpha value is -1.90. The third-order valence-corrected chi connectivity index (χ3v) is 7.80. The highest BCUT2D eigenvalue weighted by atomic mass is 32.1. The molecule has 2 aromatic heterocycles. The lowest BCUT2D eigenvalue weighted by Crippen LogP contribution is -2.43. The molecule has 4 atom stereocenters. The van der Waals surface area contributed by atoms with E-state index in [0.717, 1.165) is 38.4 Å². The standard InChI is InChI=1S/C19H22N4O2S2/c1-10-5-13(25-2)3-4-14(10)21-17(24)15-7-16-18(26-15)22-19(27-16)23-9-11-6-12(23)8-20-11/h3-5,7,10-12,14,20H,6,8-9H2,1-2H3,(H,21,24). The summed E-state index contributed by atoms with van der Waals surface area (Å²) in [5.41, 5.74) is 0. The van der Waals surface area contributed by atoms with Gasteiger partial charge in [0.2, 0.25) is 0 Å². The lowest BCUT2D eigenvalue weighted by Gasteiger charge is -2.26. The minimum atomic E-state index is -0.0352. The fraction of sp³-hybridized carbons (Fsp3) is 0.474. The van der Waals surface area contributed by atoms with Crippen molar-refractivity contribution in [2.45, 2.75) is 31.5 Å². The fourth-order valence-electron chi connectivity index (χ4n) is 4.08. The van der Waals surface area contributed by atoms with E-state index in [9.17, 15) is 4.79 Å². The van der Waals surface area contributed by atoms with E-state index in [1.807, 2.05) is 24.3 Å². The number of fused-ring (bicyclic) bond motifs is 3. The van der Waals surface area contributed by atoms with Gasteiger partial charge in [0, 0.05) is 31.1 Å². The van der Waals surface area contributed by atoms with Crippen LogP contribution in [0.1, 0.15) is 23.0 Å². The number of carbonyl (C=O) groups is 1. The van der Waals surface area contributed by atoms with Gasteiger partial charge in [-0.3, -0.25) is 4.79 Å². The first-order valence-electron chi connectivity index (χ1n) is 9.26. The van der Waals surface area contributed by atoms with E-state index in [1.165, 1.54) is 17.8 Å². The first kappa shape index (κ1) is 17.2. The second kappa shape index (κ2) is 6.61. The lowest BCUT2D eigenvalue weighted by atomic mass is 9.96. The van der Waals surface area contributed by atoms with Crippen molar-refractivity contribution in [2.24, 2.45) is 5.92 Å². The van der Waals surface area contributed by atoms with E-state index in [-0.39, 0.29) is 17.9 Å². The summed E-state index contributed by atoms with van der Waals surface area (Å²) in [7, 11) is 1.66. The Balaban J connectivity index is 1.29. The number of anilines is 1. The number of rotatable bonds is 4. The first-order valence-corrected chi connectivity index (χ1v) is 10.9. The topological polar surface area (TPSA) is 66.5 Å². The van der Waals surface area contributed by atoms with Crippen molar-refractivity contribution >= 4 is 43.2 Å². The van der Waals surface area contributed by atoms with Crippen LogP contribution < -0.4 is 15.5 Å². The Morgan fingerprint density at radius 2 is 2.33 bits per heavy atom. The van der Waals surface area contributed by atoms with E-state index in [0.29, 0.717) is 12.1 Å². The van der Waals surface area contributed by atoms with E-state index < -0.39 is 0 Å². The zero-order valence-corrected chi connectivity index (χ0v) is 16.9. The van der Waals surface area contributed by atoms with Crippen LogP contribution in [0.15, 0.2) is 30.1 Å². The van der Waals surface area contributed by atoms with Crippen molar-refractivity contribution in [1.82, 2.24) is 15.6 Å². The number of methoxy groups -OCH3 is 1. The summed E-state index contributed by atoms with van der Waals surface area (Å²) in [6.07, 6.45) is 7.14. The van der Waals surface area contributed by atoms with Crippen LogP contribution in [0.2, 0.25) is 0 Å². The molecule has 4 heterocycles. The molecule has 0 aromatic carbocycles. The van der Waals surface area contributed by atoms with Crippen LogP contribution in [0.5, 0.6) is 0 Å². The summed E-state index contributed by atoms with van der Waals surface area (Å²) in [6, 6.07) is 3.14. The number of thiophene rings is 1. The highest BCUT2D eigenvalue weighted by Gasteiger charge is 2.39. The Morgan fingerprint density at radius 3 is 3.00 bits per heavy atom. The number of ether oxygens (including phenoxy) is 1. The largest absolute Gasteiger partial charge is 0.497 e. The summed E-state index contributed by atoms with van der Waals surface area (Å²) in [4.78, 5) is 21.6. The van der Waals surface area contributed by atoms with Crippen molar-refractivity contribution < 1.29 is 9.53 Å². The molecule has 2 bridgehead atoms. The van der Waals surface area contributed by atoms with E-state index in [4.69, 9.17) is 9.72 Å². The SMILES string of the molecule is COC1=CC(C)C(NC(=O)c2cc3sc(N4CC5CC4CN5)nc3s2)C=C1. The van der Waals surface area contributed by atoms with E-state index in [2.05, 4.69) is 22.5 Å². The molecule has 1 amide bonds. The number of carbonyl (C=O) groups excluding carboxylic acids is 1. The Bertz CT molecular complexity index is 915. The zero-order valence-electron chi connectivity index (χ0n) is 15.3. The van der Waals surface area contributed by atoms with Crippen molar-refractivity contribution in [3.63, 3.8) is 0 Å². The molecule has 6 nitrogen and oxygen atoms in total. The predicted octanol–water partition coefficient (Wildman–Crippen LogP) is 2.74. The maximum Gasteiger partial charge on any atom is 0.261 e. The molecule has 27 heavy (non-hydrogen) atoms. The Kier molecular flexibility index (Phi) is 4.22. The second-order valence-corrected chi connectivity index (χ2v) is 9.45. The van der Waals surface area contributed by atoms with Gasteiger partial charge in [-0.1, -0.05) is 24.3 Å². The summed E-state index contributed by atoms with van der Waals surface area (Å²) >= 11 is 3.18. The van der Waals surface area contributed by atoms with Gasteiger partial charge in [0.15, 0.2) is 5.13 Å². The van der Waals surface area contributed by atoms with Gasteiger partial charge in [-0.05, 0) is 24.6 Å². The highest BCUT2D eigenvalue weighted by Crippen LogP contribution is 2.38. The highest BCUT2D eigenvalue weighted by molar-refractivity contribution is 7.29. The third-order valence-electron chi connectivity index (χ3n) is 5.60. The monoisotopic (exact) mass is 402 g/mol. The van der Waals surface area contributed by atoms with Gasteiger partial charge >= 0.3 is 0 Å². The molecule has 0 spiro atoms. The zero-order chi connectivity index (χ0) is 18.5. The van der Waals surface area contributed by atoms with E-state index >= 15 is 0 Å². The van der Waals surface area contributed by atoms with Crippen molar-refractivity contribution in [3.8, 4) is 0 Å². The molecule has 8 heteroatoms. The summed E-state index contributed by atoms with van der Waals surface area (Å²) in [6.45, 7) is 4.17. The Labute approximate surface area is 165 Å². The average Bonchev–Trinajstić information content (AvgIpc) is 3.42. The van der Waals surface area contributed by atoms with Crippen LogP contribution in [0.3, 0.4) is 0 Å². The van der Waals surface area contributed by atoms with Gasteiger partial charge in [-0.15, -0.1) is 11.3 Å². The van der Waals surface area contributed by atoms with Crippen LogP contribution in [0.4, 0.5) is 5.13 Å². The molecule has 2 N–H and O–H groups in total. The number of thiazole rings is 1. The summed E-state index contributed by atoms with van der Waals surface area (Å²) in [5.74, 6) is 0.998. The molecule has 2 saturated heterocycles. The molecular weight excluding hydrogens is 380 g/mol. The van der Waals surface area contributed by atoms with Crippen molar-refractivity contribution in [2.75, 3.05) is 25.1 Å². The van der Waals surface area contributed by atoms with E-state index in [1.54, 1.807) is 18.4 Å². The molecule has 0 saturated carbocycles. The average molecular weight is 403 g/mol. The number of allylic oxidation sites excluding steroid dienone is 1. The number of piperazine rings is 1. The summed E-state index contributed by atoms with van der Waals surface area (Å²) in [5, 5.41) is 7.73. The number of nitrogens with one attached hydrogen (secondary N) is 2. The predicted molar refractivity (Wildman–Crippen MR) is 110 cm³/mol. The second-order valence-electron chi connectivity index (χ2n) is 7.41. The molecule has 3 aliphatic rings. The molecule has 2 fully saturated rings. The fourth-order valence-corrected chi connectivity index (χ4v) is 6.28. The number of hydrogen-bond acceptors (Lipinski definition) is 7. The quantitative estimate of drug-likeness (QED) is 0.823. The van der Waals surface area contributed by atoms with Crippen LogP contribution in [0.25, 0.3) is 9.53 Å². The van der Waals surface area contributed by atoms with Crippen LogP contribution in [-0.4, -0.2) is 49.2 Å². The number of aromatic nitrogens is 1. The summed E-state index contributed by atoms with van der Waals surface area (Å²) < 4.78 is 6.35. The molecule has 2 aliphatic heterocycles. The number of nitrogens with zero attached hydrogens (tertiary/aromatic N) is 2. The van der Waals surface area contributed by atoms with Gasteiger partial charge in [0.05, 0.1) is 22.7 Å². The van der Waals surface area contributed by atoms with Crippen molar-refractivity contribution in [1.29, 1.82) is 0 Å². The van der Waals surface area contributed by atoms with Gasteiger partial charge in [-0.2, -0.15) is 0 Å². The van der Waals surface area contributed by atoms with Gasteiger partial charge in [0.25, 0.3) is 5.91 Å². The molecule has 0 radical (unpaired) electrons. The Morgan fingerprint density at radius 1 is 1.44 bits per heavy atom. The lowest BCUT2D eigenvalue weighted by molar-refractivity contribution is 0.0941. The number of hydrogen-bond donors (Lipinski definition) is 2. The molecule has 5 rings (SSSR count). The van der Waals surface area contributed by atoms with Crippen LogP contribution in [0, 0.1) is 5.92 Å². The molecular formula is C19H22N4O2S2. The normalized spacial score (nSPS) is 29.4. The van der Waals surface area contributed by atoms with Gasteiger partial charge in [-0.25, -0.2) is 4.98 Å². The van der Waals surface area contributed by atoms with Crippen LogP contribution >= 0.6 is 22.7 Å². The minimum absolute atomic E-state index is 0.0206. The van der Waals surface area contributed by atoms with Gasteiger partial charge < -0.3 is 20.3 Å². The smallest absolute Gasteiger partial charge is 0.261 e. The molecule has 142 valence electrons. The van der Waals surface area contributed by atoms with Crippen molar-refractivity contribution in [3.05, 3.63) is 34.9 Å². The number of amides is 1. The first-order chi connectivity index (χ1) is 13.1. The maximum absolute atomic E-state index is 12.7. The molecule has 4 unspecified atom stereocenters. The molecule has 2 aromatic rings. The van der Waals surface area contributed by atoms with Gasteiger partial charge in [0.1, 0.15) is 10.6 Å². The minimum Gasteiger partial charge on any atom is -0.497 e.